The molecule has 1 atom stereocenters. The maximum absolute atomic E-state index is 12.6. The first-order valence-corrected chi connectivity index (χ1v) is 6.95. The first-order chi connectivity index (χ1) is 8.98. The fourth-order valence-corrected chi connectivity index (χ4v) is 2.36. The van der Waals surface area contributed by atoms with Crippen LogP contribution < -0.4 is 0 Å². The Morgan fingerprint density at radius 1 is 1.32 bits per heavy atom. The number of carbonyl (C=O) groups excluding carboxylic acids is 1. The molecule has 1 aromatic carbocycles. The van der Waals surface area contributed by atoms with Crippen LogP contribution in [0.25, 0.3) is 0 Å². The third kappa shape index (κ3) is 3.57. The molecule has 1 aliphatic rings. The Bertz CT molecular complexity index is 416. The predicted molar refractivity (Wildman–Crippen MR) is 75.7 cm³/mol. The van der Waals surface area contributed by atoms with Crippen LogP contribution in [-0.2, 0) is 16.1 Å². The van der Waals surface area contributed by atoms with Gasteiger partial charge >= 0.3 is 0 Å². The summed E-state index contributed by atoms with van der Waals surface area (Å²) in [6, 6.07) is 10.1. The molecule has 1 aromatic rings. The van der Waals surface area contributed by atoms with Gasteiger partial charge < -0.3 is 9.64 Å². The summed E-state index contributed by atoms with van der Waals surface area (Å²) in [4.78, 5) is 14.5. The second-order valence-electron chi connectivity index (χ2n) is 6.08. The molecule has 1 unspecified atom stereocenters. The molecule has 2 rings (SSSR count). The van der Waals surface area contributed by atoms with E-state index in [-0.39, 0.29) is 17.6 Å². The van der Waals surface area contributed by atoms with Crippen molar-refractivity contribution in [2.45, 2.75) is 51.8 Å². The average Bonchev–Trinajstić information content (AvgIpc) is 2.89. The van der Waals surface area contributed by atoms with Crippen LogP contribution in [0.3, 0.4) is 0 Å². The monoisotopic (exact) mass is 261 g/mol. The van der Waals surface area contributed by atoms with Gasteiger partial charge in [0.05, 0.1) is 0 Å². The Kier molecular flexibility index (Phi) is 4.25. The largest absolute Gasteiger partial charge is 0.368 e. The molecule has 1 amide bonds. The van der Waals surface area contributed by atoms with E-state index in [4.69, 9.17) is 4.74 Å². The second kappa shape index (κ2) is 5.74. The fourth-order valence-electron chi connectivity index (χ4n) is 2.36. The summed E-state index contributed by atoms with van der Waals surface area (Å²) >= 11 is 0. The van der Waals surface area contributed by atoms with Gasteiger partial charge in [0.2, 0.25) is 0 Å². The minimum Gasteiger partial charge on any atom is -0.368 e. The van der Waals surface area contributed by atoms with Crippen molar-refractivity contribution in [2.75, 3.05) is 6.61 Å². The molecule has 0 aliphatic carbocycles. The number of nitrogens with zero attached hydrogens (tertiary/aromatic N) is 1. The van der Waals surface area contributed by atoms with E-state index < -0.39 is 0 Å². The first kappa shape index (κ1) is 14.1. The summed E-state index contributed by atoms with van der Waals surface area (Å²) in [6.45, 7) is 7.57. The van der Waals surface area contributed by atoms with E-state index in [1.807, 2.05) is 23.1 Å². The third-order valence-electron chi connectivity index (χ3n) is 3.46. The Balaban J connectivity index is 2.14. The Morgan fingerprint density at radius 3 is 2.53 bits per heavy atom. The molecule has 0 N–H and O–H groups in total. The molecule has 0 aromatic heterocycles. The number of benzene rings is 1. The van der Waals surface area contributed by atoms with Gasteiger partial charge in [-0.1, -0.05) is 30.3 Å². The molecule has 1 aliphatic heterocycles. The van der Waals surface area contributed by atoms with Gasteiger partial charge in [-0.15, -0.1) is 0 Å². The molecule has 1 heterocycles. The highest BCUT2D eigenvalue weighted by Crippen LogP contribution is 2.23. The normalized spacial score (nSPS) is 19.4. The van der Waals surface area contributed by atoms with E-state index >= 15 is 0 Å². The maximum Gasteiger partial charge on any atom is 0.252 e. The van der Waals surface area contributed by atoms with Gasteiger partial charge in [-0.3, -0.25) is 4.79 Å². The highest BCUT2D eigenvalue weighted by atomic mass is 16.5. The lowest BCUT2D eigenvalue weighted by Crippen LogP contribution is -2.49. The topological polar surface area (TPSA) is 29.5 Å². The van der Waals surface area contributed by atoms with Crippen molar-refractivity contribution in [1.29, 1.82) is 0 Å². The van der Waals surface area contributed by atoms with Crippen LogP contribution >= 0.6 is 0 Å². The molecule has 0 bridgehead atoms. The van der Waals surface area contributed by atoms with Gasteiger partial charge in [0.25, 0.3) is 5.91 Å². The second-order valence-corrected chi connectivity index (χ2v) is 6.08. The first-order valence-electron chi connectivity index (χ1n) is 6.95. The third-order valence-corrected chi connectivity index (χ3v) is 3.46. The number of rotatable bonds is 3. The molecule has 19 heavy (non-hydrogen) atoms. The quantitative estimate of drug-likeness (QED) is 0.837. The summed E-state index contributed by atoms with van der Waals surface area (Å²) < 4.78 is 5.54. The number of ether oxygens (including phenoxy) is 1. The molecule has 3 heteroatoms. The number of carbonyl (C=O) groups is 1. The summed E-state index contributed by atoms with van der Waals surface area (Å²) in [5.41, 5.74) is 0.961. The van der Waals surface area contributed by atoms with Crippen molar-refractivity contribution < 1.29 is 9.53 Å². The van der Waals surface area contributed by atoms with Crippen molar-refractivity contribution in [2.24, 2.45) is 0 Å². The van der Waals surface area contributed by atoms with Crippen LogP contribution in [0.4, 0.5) is 0 Å². The zero-order valence-corrected chi connectivity index (χ0v) is 12.1. The van der Waals surface area contributed by atoms with Gasteiger partial charge in [0.15, 0.2) is 0 Å². The molecule has 3 nitrogen and oxygen atoms in total. The zero-order chi connectivity index (χ0) is 13.9. The maximum atomic E-state index is 12.6. The average molecular weight is 261 g/mol. The highest BCUT2D eigenvalue weighted by molar-refractivity contribution is 5.81. The van der Waals surface area contributed by atoms with Crippen LogP contribution in [0.15, 0.2) is 30.3 Å². The summed E-state index contributed by atoms with van der Waals surface area (Å²) in [5, 5.41) is 0. The zero-order valence-electron chi connectivity index (χ0n) is 12.1. The standard InChI is InChI=1S/C16H23NO2/c1-16(2,3)17(12-13-8-5-4-6-9-13)15(18)14-10-7-11-19-14/h4-6,8-9,14H,7,10-12H2,1-3H3. The minimum absolute atomic E-state index is 0.119. The van der Waals surface area contributed by atoms with Crippen molar-refractivity contribution >= 4 is 5.91 Å². The molecule has 104 valence electrons. The van der Waals surface area contributed by atoms with Crippen LogP contribution in [0, 0.1) is 0 Å². The number of amides is 1. The molecular formula is C16H23NO2. The lowest BCUT2D eigenvalue weighted by atomic mass is 10.0. The Labute approximate surface area is 115 Å². The predicted octanol–water partition coefficient (Wildman–Crippen LogP) is 2.99. The smallest absolute Gasteiger partial charge is 0.252 e. The lowest BCUT2D eigenvalue weighted by molar-refractivity contribution is -0.146. The molecule has 1 fully saturated rings. The highest BCUT2D eigenvalue weighted by Gasteiger charge is 2.33. The lowest BCUT2D eigenvalue weighted by Gasteiger charge is -2.37. The van der Waals surface area contributed by atoms with E-state index in [2.05, 4.69) is 32.9 Å². The van der Waals surface area contributed by atoms with Crippen molar-refractivity contribution in [3.63, 3.8) is 0 Å². The van der Waals surface area contributed by atoms with E-state index in [1.54, 1.807) is 0 Å². The van der Waals surface area contributed by atoms with E-state index in [0.29, 0.717) is 13.2 Å². The molecular weight excluding hydrogens is 238 g/mol. The summed E-state index contributed by atoms with van der Waals surface area (Å²) in [5.74, 6) is 0.119. The van der Waals surface area contributed by atoms with Crippen molar-refractivity contribution in [3.8, 4) is 0 Å². The van der Waals surface area contributed by atoms with Crippen molar-refractivity contribution in [3.05, 3.63) is 35.9 Å². The molecule has 0 radical (unpaired) electrons. The Hall–Kier alpha value is -1.35. The molecule has 0 saturated carbocycles. The van der Waals surface area contributed by atoms with Gasteiger partial charge in [0, 0.05) is 18.7 Å². The van der Waals surface area contributed by atoms with E-state index in [9.17, 15) is 4.79 Å². The van der Waals surface area contributed by atoms with Crippen LogP contribution in [0.5, 0.6) is 0 Å². The van der Waals surface area contributed by atoms with Gasteiger partial charge in [0.1, 0.15) is 6.10 Å². The number of hydrogen-bond acceptors (Lipinski definition) is 2. The van der Waals surface area contributed by atoms with Gasteiger partial charge in [-0.25, -0.2) is 0 Å². The van der Waals surface area contributed by atoms with Crippen LogP contribution in [0.1, 0.15) is 39.2 Å². The molecule has 1 saturated heterocycles. The van der Waals surface area contributed by atoms with Gasteiger partial charge in [-0.2, -0.15) is 0 Å². The minimum atomic E-state index is -0.247. The SMILES string of the molecule is CC(C)(C)N(Cc1ccccc1)C(=O)C1CCCO1. The van der Waals surface area contributed by atoms with E-state index in [1.165, 1.54) is 0 Å². The van der Waals surface area contributed by atoms with E-state index in [0.717, 1.165) is 18.4 Å². The van der Waals surface area contributed by atoms with Crippen LogP contribution in [-0.4, -0.2) is 29.1 Å². The fraction of sp³-hybridized carbons (Fsp3) is 0.562. The number of hydrogen-bond donors (Lipinski definition) is 0. The van der Waals surface area contributed by atoms with Crippen LogP contribution in [0.2, 0.25) is 0 Å². The van der Waals surface area contributed by atoms with Crippen molar-refractivity contribution in [1.82, 2.24) is 4.90 Å². The summed E-state index contributed by atoms with van der Waals surface area (Å²) in [7, 11) is 0. The Morgan fingerprint density at radius 2 is 2.00 bits per heavy atom. The molecule has 0 spiro atoms. The summed E-state index contributed by atoms with van der Waals surface area (Å²) in [6.07, 6.45) is 1.59. The van der Waals surface area contributed by atoms with Gasteiger partial charge in [-0.05, 0) is 39.2 Å².